The molecule has 2 aromatic rings. The van der Waals surface area contributed by atoms with Crippen molar-refractivity contribution in [3.05, 3.63) is 59.7 Å². The standard InChI is InChI=1S/C18H19NO3/c1-12(11-21-2)19-18(20)17-13-7-3-5-9-15(13)22-16-10-6-4-8-14(16)17/h3-10,12,17H,11H2,1-2H3,(H,19,20)/t12-/m0/s1. The maximum atomic E-state index is 12.8. The number of hydrogen-bond donors (Lipinski definition) is 1. The van der Waals surface area contributed by atoms with Crippen molar-refractivity contribution < 1.29 is 14.3 Å². The van der Waals surface area contributed by atoms with Crippen molar-refractivity contribution in [1.29, 1.82) is 0 Å². The lowest BCUT2D eigenvalue weighted by atomic mass is 9.87. The first kappa shape index (κ1) is 14.6. The predicted octanol–water partition coefficient (Wildman–Crippen LogP) is 3.08. The zero-order chi connectivity index (χ0) is 15.5. The predicted molar refractivity (Wildman–Crippen MR) is 84.3 cm³/mol. The van der Waals surface area contributed by atoms with Crippen LogP contribution in [0.1, 0.15) is 24.0 Å². The van der Waals surface area contributed by atoms with Crippen LogP contribution in [0.5, 0.6) is 11.5 Å². The van der Waals surface area contributed by atoms with Gasteiger partial charge in [0.15, 0.2) is 0 Å². The van der Waals surface area contributed by atoms with E-state index in [0.717, 1.165) is 22.6 Å². The Labute approximate surface area is 130 Å². The Morgan fingerprint density at radius 1 is 1.14 bits per heavy atom. The Balaban J connectivity index is 1.97. The molecular weight excluding hydrogens is 278 g/mol. The van der Waals surface area contributed by atoms with Crippen LogP contribution in [0.25, 0.3) is 0 Å². The van der Waals surface area contributed by atoms with Crippen LogP contribution in [0, 0.1) is 0 Å². The quantitative estimate of drug-likeness (QED) is 0.943. The monoisotopic (exact) mass is 297 g/mol. The van der Waals surface area contributed by atoms with Crippen LogP contribution in [0.2, 0.25) is 0 Å². The maximum Gasteiger partial charge on any atom is 0.232 e. The Kier molecular flexibility index (Phi) is 4.11. The van der Waals surface area contributed by atoms with Gasteiger partial charge in [0.1, 0.15) is 11.5 Å². The molecule has 1 aliphatic rings. The first-order valence-electron chi connectivity index (χ1n) is 7.35. The molecule has 1 heterocycles. The fourth-order valence-corrected chi connectivity index (χ4v) is 2.81. The van der Waals surface area contributed by atoms with Crippen molar-refractivity contribution in [1.82, 2.24) is 5.32 Å². The Hall–Kier alpha value is -2.33. The molecule has 0 spiro atoms. The molecular formula is C18H19NO3. The molecule has 0 saturated carbocycles. The molecule has 22 heavy (non-hydrogen) atoms. The van der Waals surface area contributed by atoms with Crippen LogP contribution in [-0.2, 0) is 9.53 Å². The Morgan fingerprint density at radius 2 is 1.68 bits per heavy atom. The minimum absolute atomic E-state index is 0.0345. The highest BCUT2D eigenvalue weighted by atomic mass is 16.5. The molecule has 4 heteroatoms. The number of fused-ring (bicyclic) bond motifs is 2. The van der Waals surface area contributed by atoms with Crippen LogP contribution in [0.3, 0.4) is 0 Å². The van der Waals surface area contributed by atoms with Gasteiger partial charge in [-0.1, -0.05) is 36.4 Å². The summed E-state index contributed by atoms with van der Waals surface area (Å²) in [7, 11) is 1.63. The molecule has 1 aliphatic heterocycles. The molecule has 3 rings (SSSR count). The molecule has 1 atom stereocenters. The van der Waals surface area contributed by atoms with E-state index in [1.165, 1.54) is 0 Å². The second-order valence-electron chi connectivity index (χ2n) is 5.48. The summed E-state index contributed by atoms with van der Waals surface area (Å²) < 4.78 is 11.0. The largest absolute Gasteiger partial charge is 0.457 e. The van der Waals surface area contributed by atoms with Crippen LogP contribution in [0.15, 0.2) is 48.5 Å². The van der Waals surface area contributed by atoms with E-state index in [1.54, 1.807) is 7.11 Å². The molecule has 0 aliphatic carbocycles. The third-order valence-electron chi connectivity index (χ3n) is 3.75. The average molecular weight is 297 g/mol. The van der Waals surface area contributed by atoms with Gasteiger partial charge in [0.05, 0.1) is 12.5 Å². The fourth-order valence-electron chi connectivity index (χ4n) is 2.81. The summed E-state index contributed by atoms with van der Waals surface area (Å²) >= 11 is 0. The van der Waals surface area contributed by atoms with Gasteiger partial charge in [-0.05, 0) is 19.1 Å². The maximum absolute atomic E-state index is 12.8. The van der Waals surface area contributed by atoms with E-state index in [2.05, 4.69) is 5.32 Å². The molecule has 0 radical (unpaired) electrons. The Bertz CT molecular complexity index is 638. The number of rotatable bonds is 4. The second kappa shape index (κ2) is 6.20. The van der Waals surface area contributed by atoms with Crippen LogP contribution in [-0.4, -0.2) is 25.7 Å². The van der Waals surface area contributed by atoms with Gasteiger partial charge in [0, 0.05) is 24.3 Å². The number of benzene rings is 2. The first-order chi connectivity index (χ1) is 10.7. The van der Waals surface area contributed by atoms with Gasteiger partial charge in [0.2, 0.25) is 5.91 Å². The molecule has 0 unspecified atom stereocenters. The van der Waals surface area contributed by atoms with Crippen molar-refractivity contribution >= 4 is 5.91 Å². The second-order valence-corrected chi connectivity index (χ2v) is 5.48. The van der Waals surface area contributed by atoms with Crippen LogP contribution < -0.4 is 10.1 Å². The lowest BCUT2D eigenvalue weighted by Crippen LogP contribution is -2.39. The van der Waals surface area contributed by atoms with Gasteiger partial charge in [-0.15, -0.1) is 0 Å². The van der Waals surface area contributed by atoms with Crippen molar-refractivity contribution in [3.8, 4) is 11.5 Å². The summed E-state index contributed by atoms with van der Waals surface area (Å²) in [6.45, 7) is 2.41. The third kappa shape index (κ3) is 2.70. The summed E-state index contributed by atoms with van der Waals surface area (Å²) in [6, 6.07) is 15.3. The average Bonchev–Trinajstić information content (AvgIpc) is 2.52. The minimum atomic E-state index is -0.361. The number of carbonyl (C=O) groups is 1. The summed E-state index contributed by atoms with van der Waals surface area (Å²) in [5.74, 6) is 1.08. The topological polar surface area (TPSA) is 47.6 Å². The molecule has 0 aromatic heterocycles. The number of methoxy groups -OCH3 is 1. The number of ether oxygens (including phenoxy) is 2. The van der Waals surface area contributed by atoms with Gasteiger partial charge < -0.3 is 14.8 Å². The number of carbonyl (C=O) groups excluding carboxylic acids is 1. The zero-order valence-corrected chi connectivity index (χ0v) is 12.7. The van der Waals surface area contributed by atoms with E-state index in [4.69, 9.17) is 9.47 Å². The van der Waals surface area contributed by atoms with Crippen molar-refractivity contribution in [2.45, 2.75) is 18.9 Å². The number of para-hydroxylation sites is 2. The number of hydrogen-bond acceptors (Lipinski definition) is 3. The SMILES string of the molecule is COC[C@H](C)NC(=O)C1c2ccccc2Oc2ccccc21. The van der Waals surface area contributed by atoms with Gasteiger partial charge in [-0.3, -0.25) is 4.79 Å². The van der Waals surface area contributed by atoms with Gasteiger partial charge >= 0.3 is 0 Å². The van der Waals surface area contributed by atoms with E-state index in [0.29, 0.717) is 6.61 Å². The molecule has 1 amide bonds. The van der Waals surface area contributed by atoms with Crippen molar-refractivity contribution in [2.75, 3.05) is 13.7 Å². The normalized spacial score (nSPS) is 14.5. The molecule has 0 bridgehead atoms. The molecule has 0 saturated heterocycles. The smallest absolute Gasteiger partial charge is 0.232 e. The van der Waals surface area contributed by atoms with E-state index in [1.807, 2.05) is 55.5 Å². The highest BCUT2D eigenvalue weighted by Crippen LogP contribution is 2.43. The zero-order valence-electron chi connectivity index (χ0n) is 12.7. The summed E-state index contributed by atoms with van der Waals surface area (Å²) in [5, 5.41) is 3.01. The summed E-state index contributed by atoms with van der Waals surface area (Å²) in [4.78, 5) is 12.8. The molecule has 1 N–H and O–H groups in total. The van der Waals surface area contributed by atoms with Gasteiger partial charge in [-0.25, -0.2) is 0 Å². The highest BCUT2D eigenvalue weighted by molar-refractivity contribution is 5.89. The summed E-state index contributed by atoms with van der Waals surface area (Å²) in [5.41, 5.74) is 1.78. The first-order valence-corrected chi connectivity index (χ1v) is 7.35. The number of amides is 1. The third-order valence-corrected chi connectivity index (χ3v) is 3.75. The summed E-state index contributed by atoms with van der Waals surface area (Å²) in [6.07, 6.45) is 0. The molecule has 2 aromatic carbocycles. The minimum Gasteiger partial charge on any atom is -0.457 e. The van der Waals surface area contributed by atoms with Gasteiger partial charge in [-0.2, -0.15) is 0 Å². The fraction of sp³-hybridized carbons (Fsp3) is 0.278. The van der Waals surface area contributed by atoms with E-state index < -0.39 is 0 Å². The van der Waals surface area contributed by atoms with Crippen molar-refractivity contribution in [2.24, 2.45) is 0 Å². The molecule has 4 nitrogen and oxygen atoms in total. The Morgan fingerprint density at radius 3 is 2.23 bits per heavy atom. The lowest BCUT2D eigenvalue weighted by molar-refractivity contribution is -0.122. The van der Waals surface area contributed by atoms with Crippen LogP contribution >= 0.6 is 0 Å². The van der Waals surface area contributed by atoms with Crippen molar-refractivity contribution in [3.63, 3.8) is 0 Å². The molecule has 0 fully saturated rings. The van der Waals surface area contributed by atoms with Gasteiger partial charge in [0.25, 0.3) is 0 Å². The molecule has 114 valence electrons. The lowest BCUT2D eigenvalue weighted by Gasteiger charge is -2.28. The van der Waals surface area contributed by atoms with E-state index in [9.17, 15) is 4.79 Å². The van der Waals surface area contributed by atoms with E-state index in [-0.39, 0.29) is 17.9 Å². The van der Waals surface area contributed by atoms with E-state index >= 15 is 0 Å². The van der Waals surface area contributed by atoms with Crippen LogP contribution in [0.4, 0.5) is 0 Å². The highest BCUT2D eigenvalue weighted by Gasteiger charge is 2.32. The number of nitrogens with one attached hydrogen (secondary N) is 1.